The lowest BCUT2D eigenvalue weighted by molar-refractivity contribution is 0.0565. The molecule has 1 aromatic rings. The van der Waals surface area contributed by atoms with Crippen LogP contribution in [0, 0.1) is 17.2 Å². The molecule has 0 spiro atoms. The molecule has 2 aliphatic rings. The molecule has 5 heteroatoms. The number of aliphatic hydroxyl groups is 1. The van der Waals surface area contributed by atoms with E-state index in [-0.39, 0.29) is 6.10 Å². The predicted octanol–water partition coefficient (Wildman–Crippen LogP) is 1.87. The van der Waals surface area contributed by atoms with Crippen molar-refractivity contribution in [2.24, 2.45) is 5.92 Å². The lowest BCUT2D eigenvalue weighted by Gasteiger charge is -2.37. The van der Waals surface area contributed by atoms with Gasteiger partial charge in [-0.3, -0.25) is 0 Å². The molecule has 1 aliphatic heterocycles. The van der Waals surface area contributed by atoms with Crippen LogP contribution in [0.15, 0.2) is 12.4 Å². The fourth-order valence-corrected chi connectivity index (χ4v) is 3.64. The highest BCUT2D eigenvalue weighted by Crippen LogP contribution is 2.36. The molecule has 1 N–H and O–H groups in total. The Kier molecular flexibility index (Phi) is 3.83. The summed E-state index contributed by atoms with van der Waals surface area (Å²) in [5, 5.41) is 19.1. The Morgan fingerprint density at radius 3 is 2.70 bits per heavy atom. The molecule has 3 rings (SSSR count). The van der Waals surface area contributed by atoms with Gasteiger partial charge in [0.15, 0.2) is 5.69 Å². The minimum Gasteiger partial charge on any atom is -0.393 e. The number of hydrogen-bond acceptors (Lipinski definition) is 5. The zero-order valence-corrected chi connectivity index (χ0v) is 11.6. The molecule has 1 aliphatic carbocycles. The smallest absolute Gasteiger partial charge is 0.158 e. The molecule has 0 aromatic carbocycles. The van der Waals surface area contributed by atoms with Gasteiger partial charge in [0.2, 0.25) is 0 Å². The summed E-state index contributed by atoms with van der Waals surface area (Å²) in [6.07, 6.45) is 9.67. The number of aromatic nitrogens is 2. The van der Waals surface area contributed by atoms with Crippen LogP contribution in [0.4, 0.5) is 5.82 Å². The molecule has 2 fully saturated rings. The Morgan fingerprint density at radius 1 is 1.15 bits per heavy atom. The van der Waals surface area contributed by atoms with Crippen LogP contribution in [-0.2, 0) is 0 Å². The largest absolute Gasteiger partial charge is 0.393 e. The first kappa shape index (κ1) is 13.3. The first-order chi connectivity index (χ1) is 9.79. The number of nitriles is 1. The lowest BCUT2D eigenvalue weighted by atomic mass is 9.80. The van der Waals surface area contributed by atoms with Crippen LogP contribution < -0.4 is 4.90 Å². The zero-order valence-electron chi connectivity index (χ0n) is 11.6. The van der Waals surface area contributed by atoms with Crippen molar-refractivity contribution in [3.63, 3.8) is 0 Å². The molecule has 3 unspecified atom stereocenters. The van der Waals surface area contributed by atoms with E-state index in [0.29, 0.717) is 17.7 Å². The third-order valence-corrected chi connectivity index (χ3v) is 4.62. The van der Waals surface area contributed by atoms with E-state index in [1.165, 1.54) is 12.6 Å². The molecule has 2 heterocycles. The first-order valence-electron chi connectivity index (χ1n) is 7.46. The molecule has 0 amide bonds. The van der Waals surface area contributed by atoms with Crippen LogP contribution in [0.25, 0.3) is 0 Å². The fourth-order valence-electron chi connectivity index (χ4n) is 3.64. The minimum atomic E-state index is -0.180. The molecule has 1 saturated heterocycles. The second-order valence-electron chi connectivity index (χ2n) is 5.79. The maximum absolute atomic E-state index is 10.3. The number of nitrogens with zero attached hydrogens (tertiary/aromatic N) is 4. The van der Waals surface area contributed by atoms with Gasteiger partial charge in [0.05, 0.1) is 18.5 Å². The normalized spacial score (nSPS) is 30.2. The van der Waals surface area contributed by atoms with Gasteiger partial charge in [-0.1, -0.05) is 12.8 Å². The van der Waals surface area contributed by atoms with Gasteiger partial charge in [0.1, 0.15) is 11.9 Å². The van der Waals surface area contributed by atoms with Crippen LogP contribution in [0.5, 0.6) is 0 Å². The zero-order chi connectivity index (χ0) is 13.9. The Morgan fingerprint density at radius 2 is 2.00 bits per heavy atom. The molecule has 3 atom stereocenters. The van der Waals surface area contributed by atoms with Crippen LogP contribution >= 0.6 is 0 Å². The van der Waals surface area contributed by atoms with Gasteiger partial charge in [-0.15, -0.1) is 0 Å². The maximum atomic E-state index is 10.3. The standard InChI is InChI=1S/C15H20N4O/c16-8-11-9-18-15(10-17-11)19-7-3-5-13(19)12-4-1-2-6-14(12)20/h9-10,12-14,20H,1-7H2. The van der Waals surface area contributed by atoms with Crippen LogP contribution in [0.2, 0.25) is 0 Å². The summed E-state index contributed by atoms with van der Waals surface area (Å²) in [6.45, 7) is 0.967. The minimum absolute atomic E-state index is 0.180. The highest BCUT2D eigenvalue weighted by atomic mass is 16.3. The van der Waals surface area contributed by atoms with Gasteiger partial charge in [-0.25, -0.2) is 9.97 Å². The highest BCUT2D eigenvalue weighted by molar-refractivity contribution is 5.40. The maximum Gasteiger partial charge on any atom is 0.158 e. The molecule has 20 heavy (non-hydrogen) atoms. The summed E-state index contributed by atoms with van der Waals surface area (Å²) in [5.74, 6) is 1.19. The third kappa shape index (κ3) is 2.48. The average Bonchev–Trinajstić information content (AvgIpc) is 2.97. The van der Waals surface area contributed by atoms with E-state index >= 15 is 0 Å². The highest BCUT2D eigenvalue weighted by Gasteiger charge is 2.37. The monoisotopic (exact) mass is 272 g/mol. The molecule has 0 radical (unpaired) electrons. The van der Waals surface area contributed by atoms with Gasteiger partial charge in [0.25, 0.3) is 0 Å². The van der Waals surface area contributed by atoms with Crippen molar-refractivity contribution in [2.75, 3.05) is 11.4 Å². The molecule has 1 saturated carbocycles. The summed E-state index contributed by atoms with van der Waals surface area (Å²) >= 11 is 0. The van der Waals surface area contributed by atoms with Gasteiger partial charge >= 0.3 is 0 Å². The van der Waals surface area contributed by atoms with E-state index in [1.54, 1.807) is 6.20 Å². The van der Waals surface area contributed by atoms with E-state index in [2.05, 4.69) is 14.9 Å². The number of hydrogen-bond donors (Lipinski definition) is 1. The molecular weight excluding hydrogens is 252 g/mol. The van der Waals surface area contributed by atoms with Crippen molar-refractivity contribution in [1.82, 2.24) is 9.97 Å². The number of anilines is 1. The van der Waals surface area contributed by atoms with E-state index in [4.69, 9.17) is 5.26 Å². The topological polar surface area (TPSA) is 73.0 Å². The number of rotatable bonds is 2. The summed E-state index contributed by atoms with van der Waals surface area (Å²) in [5.41, 5.74) is 0.349. The second-order valence-corrected chi connectivity index (χ2v) is 5.79. The Hall–Kier alpha value is -1.67. The van der Waals surface area contributed by atoms with E-state index in [1.807, 2.05) is 6.07 Å². The molecular formula is C15H20N4O. The SMILES string of the molecule is N#Cc1cnc(N2CCCC2C2CCCCC2O)cn1. The van der Waals surface area contributed by atoms with E-state index < -0.39 is 0 Å². The van der Waals surface area contributed by atoms with Crippen LogP contribution in [-0.4, -0.2) is 33.8 Å². The average molecular weight is 272 g/mol. The summed E-state index contributed by atoms with van der Waals surface area (Å²) in [4.78, 5) is 10.7. The third-order valence-electron chi connectivity index (χ3n) is 4.62. The second kappa shape index (κ2) is 5.76. The fraction of sp³-hybridized carbons (Fsp3) is 0.667. The molecule has 5 nitrogen and oxygen atoms in total. The summed E-state index contributed by atoms with van der Waals surface area (Å²) in [7, 11) is 0. The van der Waals surface area contributed by atoms with Crippen molar-refractivity contribution >= 4 is 5.82 Å². The van der Waals surface area contributed by atoms with Crippen molar-refractivity contribution in [3.05, 3.63) is 18.1 Å². The van der Waals surface area contributed by atoms with Crippen molar-refractivity contribution in [3.8, 4) is 6.07 Å². The van der Waals surface area contributed by atoms with Gasteiger partial charge in [-0.05, 0) is 25.7 Å². The van der Waals surface area contributed by atoms with E-state index in [9.17, 15) is 5.11 Å². The lowest BCUT2D eigenvalue weighted by Crippen LogP contribution is -2.43. The Balaban J connectivity index is 1.79. The molecule has 0 bridgehead atoms. The Labute approximate surface area is 119 Å². The van der Waals surface area contributed by atoms with Crippen LogP contribution in [0.1, 0.15) is 44.2 Å². The summed E-state index contributed by atoms with van der Waals surface area (Å²) < 4.78 is 0. The van der Waals surface area contributed by atoms with Crippen molar-refractivity contribution in [2.45, 2.75) is 50.7 Å². The van der Waals surface area contributed by atoms with Gasteiger partial charge in [0, 0.05) is 18.5 Å². The van der Waals surface area contributed by atoms with E-state index in [0.717, 1.165) is 44.5 Å². The van der Waals surface area contributed by atoms with Gasteiger partial charge < -0.3 is 10.0 Å². The molecule has 1 aromatic heterocycles. The quantitative estimate of drug-likeness (QED) is 0.889. The Bertz CT molecular complexity index is 496. The van der Waals surface area contributed by atoms with Gasteiger partial charge in [-0.2, -0.15) is 5.26 Å². The van der Waals surface area contributed by atoms with Crippen molar-refractivity contribution in [1.29, 1.82) is 5.26 Å². The predicted molar refractivity (Wildman–Crippen MR) is 75.1 cm³/mol. The number of aliphatic hydroxyl groups excluding tert-OH is 1. The molecule has 106 valence electrons. The first-order valence-corrected chi connectivity index (χ1v) is 7.46. The van der Waals surface area contributed by atoms with Crippen LogP contribution in [0.3, 0.4) is 0 Å². The summed E-state index contributed by atoms with van der Waals surface area (Å²) in [6, 6.07) is 2.36. The van der Waals surface area contributed by atoms with Crippen molar-refractivity contribution < 1.29 is 5.11 Å².